The molecule has 20 heavy (non-hydrogen) atoms. The first-order chi connectivity index (χ1) is 9.59. The topological polar surface area (TPSA) is 32.3 Å². The van der Waals surface area contributed by atoms with E-state index in [2.05, 4.69) is 18.3 Å². The summed E-state index contributed by atoms with van der Waals surface area (Å²) in [5, 5.41) is 3.38. The predicted octanol–water partition coefficient (Wildman–Crippen LogP) is 2.77. The number of hydrogen-bond donors (Lipinski definition) is 1. The van der Waals surface area contributed by atoms with Gasteiger partial charge in [-0.3, -0.25) is 4.79 Å². The lowest BCUT2D eigenvalue weighted by Crippen LogP contribution is -2.33. The summed E-state index contributed by atoms with van der Waals surface area (Å²) in [6.07, 6.45) is 3.60. The van der Waals surface area contributed by atoms with E-state index in [9.17, 15) is 4.79 Å². The van der Waals surface area contributed by atoms with E-state index in [0.29, 0.717) is 0 Å². The van der Waals surface area contributed by atoms with E-state index < -0.39 is 0 Å². The molecule has 110 valence electrons. The van der Waals surface area contributed by atoms with Crippen LogP contribution in [0.25, 0.3) is 0 Å². The van der Waals surface area contributed by atoms with Crippen LogP contribution in [-0.4, -0.2) is 37.5 Å². The lowest BCUT2D eigenvalue weighted by Gasteiger charge is -2.25. The number of carbonyl (C=O) groups is 1. The van der Waals surface area contributed by atoms with Crippen molar-refractivity contribution in [3.05, 3.63) is 34.9 Å². The van der Waals surface area contributed by atoms with Crippen molar-refractivity contribution >= 4 is 5.91 Å². The third kappa shape index (κ3) is 3.60. The maximum absolute atomic E-state index is 12.5. The number of nitrogens with one attached hydrogen (secondary N) is 1. The van der Waals surface area contributed by atoms with Crippen LogP contribution in [0.1, 0.15) is 40.7 Å². The maximum atomic E-state index is 12.5. The van der Waals surface area contributed by atoms with Crippen LogP contribution in [0.5, 0.6) is 0 Å². The molecule has 1 heterocycles. The number of piperidine rings is 1. The van der Waals surface area contributed by atoms with Gasteiger partial charge in [-0.1, -0.05) is 12.1 Å². The molecule has 1 aliphatic heterocycles. The average molecular weight is 274 g/mol. The largest absolute Gasteiger partial charge is 0.342 e. The van der Waals surface area contributed by atoms with Gasteiger partial charge in [-0.2, -0.15) is 0 Å². The van der Waals surface area contributed by atoms with Crippen molar-refractivity contribution < 1.29 is 4.79 Å². The van der Waals surface area contributed by atoms with Gasteiger partial charge in [0.15, 0.2) is 0 Å². The number of aryl methyl sites for hydroxylation is 1. The quantitative estimate of drug-likeness (QED) is 0.915. The molecule has 0 saturated carbocycles. The fourth-order valence-corrected chi connectivity index (χ4v) is 2.84. The summed E-state index contributed by atoms with van der Waals surface area (Å²) < 4.78 is 0. The van der Waals surface area contributed by atoms with Crippen LogP contribution in [0.3, 0.4) is 0 Å². The Morgan fingerprint density at radius 3 is 2.70 bits per heavy atom. The van der Waals surface area contributed by atoms with Gasteiger partial charge in [-0.25, -0.2) is 0 Å². The molecule has 0 spiro atoms. The van der Waals surface area contributed by atoms with Gasteiger partial charge in [-0.05, 0) is 69.3 Å². The highest BCUT2D eigenvalue weighted by Crippen LogP contribution is 2.18. The smallest absolute Gasteiger partial charge is 0.253 e. The van der Waals surface area contributed by atoms with Crippen LogP contribution in [0.2, 0.25) is 0 Å². The molecule has 3 heteroatoms. The SMILES string of the molecule is Cc1cccc(C(=O)N(C)CCC2CCNCC2)c1C. The van der Waals surface area contributed by atoms with Crippen molar-refractivity contribution in [1.29, 1.82) is 0 Å². The minimum absolute atomic E-state index is 0.153. The summed E-state index contributed by atoms with van der Waals surface area (Å²) in [6.45, 7) is 7.19. The summed E-state index contributed by atoms with van der Waals surface area (Å²) in [7, 11) is 1.92. The molecule has 0 atom stereocenters. The molecule has 1 aromatic carbocycles. The molecular formula is C17H26N2O. The summed E-state index contributed by atoms with van der Waals surface area (Å²) >= 11 is 0. The van der Waals surface area contributed by atoms with Crippen molar-refractivity contribution in [2.45, 2.75) is 33.1 Å². The zero-order chi connectivity index (χ0) is 14.5. The number of nitrogens with zero attached hydrogens (tertiary/aromatic N) is 1. The Bertz CT molecular complexity index is 464. The Balaban J connectivity index is 1.92. The second-order valence-electron chi connectivity index (χ2n) is 5.96. The maximum Gasteiger partial charge on any atom is 0.253 e. The second-order valence-corrected chi connectivity index (χ2v) is 5.96. The van der Waals surface area contributed by atoms with Crippen molar-refractivity contribution in [3.63, 3.8) is 0 Å². The van der Waals surface area contributed by atoms with Gasteiger partial charge < -0.3 is 10.2 Å². The van der Waals surface area contributed by atoms with Crippen molar-refractivity contribution in [3.8, 4) is 0 Å². The van der Waals surface area contributed by atoms with Gasteiger partial charge in [-0.15, -0.1) is 0 Å². The van der Waals surface area contributed by atoms with E-state index in [-0.39, 0.29) is 5.91 Å². The van der Waals surface area contributed by atoms with Gasteiger partial charge in [0, 0.05) is 19.2 Å². The molecule has 1 aliphatic rings. The standard InChI is InChI=1S/C17H26N2O/c1-13-5-4-6-16(14(13)2)17(20)19(3)12-9-15-7-10-18-11-8-15/h4-6,15,18H,7-12H2,1-3H3. The second kappa shape index (κ2) is 6.89. The fourth-order valence-electron chi connectivity index (χ4n) is 2.84. The van der Waals surface area contributed by atoms with E-state index in [1.165, 1.54) is 18.4 Å². The van der Waals surface area contributed by atoms with E-state index in [1.807, 2.05) is 31.0 Å². The molecule has 1 amide bonds. The zero-order valence-electron chi connectivity index (χ0n) is 12.9. The Hall–Kier alpha value is -1.35. The Morgan fingerprint density at radius 2 is 2.00 bits per heavy atom. The number of hydrogen-bond acceptors (Lipinski definition) is 2. The highest BCUT2D eigenvalue weighted by Gasteiger charge is 2.18. The predicted molar refractivity (Wildman–Crippen MR) is 83.1 cm³/mol. The van der Waals surface area contributed by atoms with Crippen LogP contribution in [0.4, 0.5) is 0 Å². The Labute approximate surface area is 122 Å². The van der Waals surface area contributed by atoms with Crippen molar-refractivity contribution in [1.82, 2.24) is 10.2 Å². The summed E-state index contributed by atoms with van der Waals surface area (Å²) in [5.74, 6) is 0.922. The number of benzene rings is 1. The molecule has 0 aliphatic carbocycles. The normalized spacial score (nSPS) is 16.1. The highest BCUT2D eigenvalue weighted by atomic mass is 16.2. The minimum atomic E-state index is 0.153. The number of carbonyl (C=O) groups excluding carboxylic acids is 1. The summed E-state index contributed by atoms with van der Waals surface area (Å²) in [6, 6.07) is 5.96. The minimum Gasteiger partial charge on any atom is -0.342 e. The zero-order valence-corrected chi connectivity index (χ0v) is 12.9. The first kappa shape index (κ1) is 15.0. The molecule has 0 unspecified atom stereocenters. The third-order valence-electron chi connectivity index (χ3n) is 4.51. The third-order valence-corrected chi connectivity index (χ3v) is 4.51. The van der Waals surface area contributed by atoms with Gasteiger partial charge in [0.1, 0.15) is 0 Å². The summed E-state index contributed by atoms with van der Waals surface area (Å²) in [4.78, 5) is 14.4. The average Bonchev–Trinajstić information content (AvgIpc) is 2.48. The van der Waals surface area contributed by atoms with Crippen molar-refractivity contribution in [2.75, 3.05) is 26.7 Å². The molecule has 1 saturated heterocycles. The molecule has 0 aromatic heterocycles. The highest BCUT2D eigenvalue weighted by molar-refractivity contribution is 5.95. The van der Waals surface area contributed by atoms with Gasteiger partial charge in [0.2, 0.25) is 0 Å². The van der Waals surface area contributed by atoms with E-state index in [4.69, 9.17) is 0 Å². The van der Waals surface area contributed by atoms with Gasteiger partial charge >= 0.3 is 0 Å². The number of rotatable bonds is 4. The Morgan fingerprint density at radius 1 is 1.30 bits per heavy atom. The van der Waals surface area contributed by atoms with E-state index >= 15 is 0 Å². The van der Waals surface area contributed by atoms with Crippen LogP contribution in [-0.2, 0) is 0 Å². The van der Waals surface area contributed by atoms with Gasteiger partial charge in [0.25, 0.3) is 5.91 Å². The number of amides is 1. The lowest BCUT2D eigenvalue weighted by atomic mass is 9.94. The van der Waals surface area contributed by atoms with Crippen LogP contribution in [0, 0.1) is 19.8 Å². The monoisotopic (exact) mass is 274 g/mol. The molecule has 1 fully saturated rings. The molecule has 0 radical (unpaired) electrons. The Kier molecular flexibility index (Phi) is 5.18. The summed E-state index contributed by atoms with van der Waals surface area (Å²) in [5.41, 5.74) is 3.13. The first-order valence-electron chi connectivity index (χ1n) is 7.62. The van der Waals surface area contributed by atoms with Crippen molar-refractivity contribution in [2.24, 2.45) is 5.92 Å². The van der Waals surface area contributed by atoms with Crippen LogP contribution in [0.15, 0.2) is 18.2 Å². The lowest BCUT2D eigenvalue weighted by molar-refractivity contribution is 0.0783. The molecule has 2 rings (SSSR count). The fraction of sp³-hybridized carbons (Fsp3) is 0.588. The molecule has 3 nitrogen and oxygen atoms in total. The molecule has 1 N–H and O–H groups in total. The van der Waals surface area contributed by atoms with E-state index in [0.717, 1.165) is 43.1 Å². The molecule has 1 aromatic rings. The van der Waals surface area contributed by atoms with Crippen LogP contribution >= 0.6 is 0 Å². The van der Waals surface area contributed by atoms with E-state index in [1.54, 1.807) is 0 Å². The van der Waals surface area contributed by atoms with Crippen LogP contribution < -0.4 is 5.32 Å². The first-order valence-corrected chi connectivity index (χ1v) is 7.62. The molecule has 0 bridgehead atoms. The van der Waals surface area contributed by atoms with Gasteiger partial charge in [0.05, 0.1) is 0 Å². The molecular weight excluding hydrogens is 248 g/mol.